The molecule has 0 amide bonds. The number of benzene rings is 2. The lowest BCUT2D eigenvalue weighted by atomic mass is 10.1. The standard InChI is InChI=1S/C18H21ClN2O2S/c1-22-16-10-9-14(12-17(16)23-2)21-18(24)20-11-5-7-13-6-3-4-8-15(13)19/h3-4,6,8-10,12H,5,7,11H2,1-2H3,(H2,20,21,24). The van der Waals surface area contributed by atoms with E-state index in [0.717, 1.165) is 35.7 Å². The molecule has 0 aliphatic heterocycles. The van der Waals surface area contributed by atoms with Gasteiger partial charge in [-0.05, 0) is 48.8 Å². The van der Waals surface area contributed by atoms with E-state index in [4.69, 9.17) is 33.3 Å². The summed E-state index contributed by atoms with van der Waals surface area (Å²) in [6, 6.07) is 13.5. The van der Waals surface area contributed by atoms with Crippen molar-refractivity contribution >= 4 is 34.6 Å². The third kappa shape index (κ3) is 5.28. The zero-order chi connectivity index (χ0) is 17.4. The van der Waals surface area contributed by atoms with Gasteiger partial charge < -0.3 is 20.1 Å². The lowest BCUT2D eigenvalue weighted by Gasteiger charge is -2.13. The fraction of sp³-hybridized carbons (Fsp3) is 0.278. The van der Waals surface area contributed by atoms with Crippen LogP contribution in [0.15, 0.2) is 42.5 Å². The van der Waals surface area contributed by atoms with Crippen molar-refractivity contribution in [1.29, 1.82) is 0 Å². The fourth-order valence-corrected chi connectivity index (χ4v) is 2.72. The first-order valence-corrected chi connectivity index (χ1v) is 8.43. The molecule has 0 aliphatic rings. The van der Waals surface area contributed by atoms with Gasteiger partial charge in [0.05, 0.1) is 14.2 Å². The van der Waals surface area contributed by atoms with Crippen molar-refractivity contribution in [3.8, 4) is 11.5 Å². The van der Waals surface area contributed by atoms with Crippen LogP contribution in [0.3, 0.4) is 0 Å². The number of hydrogen-bond donors (Lipinski definition) is 2. The summed E-state index contributed by atoms with van der Waals surface area (Å²) in [6.45, 7) is 0.768. The maximum absolute atomic E-state index is 6.15. The molecular weight excluding hydrogens is 344 g/mol. The average molecular weight is 365 g/mol. The number of thiocarbonyl (C=S) groups is 1. The maximum atomic E-state index is 6.15. The first kappa shape index (κ1) is 18.4. The zero-order valence-electron chi connectivity index (χ0n) is 13.8. The highest BCUT2D eigenvalue weighted by molar-refractivity contribution is 7.80. The average Bonchev–Trinajstić information content (AvgIpc) is 2.60. The van der Waals surface area contributed by atoms with Gasteiger partial charge in [-0.2, -0.15) is 0 Å². The summed E-state index contributed by atoms with van der Waals surface area (Å²) in [7, 11) is 3.21. The molecule has 4 nitrogen and oxygen atoms in total. The highest BCUT2D eigenvalue weighted by Crippen LogP contribution is 2.29. The Balaban J connectivity index is 1.78. The fourth-order valence-electron chi connectivity index (χ4n) is 2.27. The molecule has 128 valence electrons. The van der Waals surface area contributed by atoms with Crippen LogP contribution in [-0.2, 0) is 6.42 Å². The summed E-state index contributed by atoms with van der Waals surface area (Å²) in [4.78, 5) is 0. The number of halogens is 1. The van der Waals surface area contributed by atoms with E-state index in [2.05, 4.69) is 10.6 Å². The third-order valence-corrected chi connectivity index (χ3v) is 4.12. The van der Waals surface area contributed by atoms with E-state index in [1.54, 1.807) is 14.2 Å². The van der Waals surface area contributed by atoms with E-state index in [0.29, 0.717) is 16.6 Å². The SMILES string of the molecule is COc1ccc(NC(=S)NCCCc2ccccc2Cl)cc1OC. The van der Waals surface area contributed by atoms with Gasteiger partial charge in [0.2, 0.25) is 0 Å². The second kappa shape index (κ2) is 9.35. The molecule has 0 spiro atoms. The first-order chi connectivity index (χ1) is 11.6. The molecule has 0 saturated carbocycles. The quantitative estimate of drug-likeness (QED) is 0.567. The Bertz CT molecular complexity index is 694. The van der Waals surface area contributed by atoms with Gasteiger partial charge in [0, 0.05) is 23.3 Å². The van der Waals surface area contributed by atoms with Gasteiger partial charge in [0.25, 0.3) is 0 Å². The van der Waals surface area contributed by atoms with Crippen molar-refractivity contribution < 1.29 is 9.47 Å². The van der Waals surface area contributed by atoms with Crippen LogP contribution in [0.1, 0.15) is 12.0 Å². The Labute approximate surface area is 153 Å². The summed E-state index contributed by atoms with van der Waals surface area (Å²) in [5, 5.41) is 7.71. The monoisotopic (exact) mass is 364 g/mol. The maximum Gasteiger partial charge on any atom is 0.170 e. The number of aryl methyl sites for hydroxylation is 1. The van der Waals surface area contributed by atoms with Crippen molar-refractivity contribution in [1.82, 2.24) is 5.32 Å². The second-order valence-corrected chi connectivity index (χ2v) is 5.96. The van der Waals surface area contributed by atoms with Crippen molar-refractivity contribution in [2.24, 2.45) is 0 Å². The normalized spacial score (nSPS) is 10.1. The Kier molecular flexibility index (Phi) is 7.15. The molecule has 2 N–H and O–H groups in total. The van der Waals surface area contributed by atoms with Gasteiger partial charge >= 0.3 is 0 Å². The molecule has 6 heteroatoms. The minimum Gasteiger partial charge on any atom is -0.493 e. The smallest absolute Gasteiger partial charge is 0.170 e. The molecule has 0 fully saturated rings. The summed E-state index contributed by atoms with van der Waals surface area (Å²) >= 11 is 11.5. The molecule has 0 bridgehead atoms. The highest BCUT2D eigenvalue weighted by atomic mass is 35.5. The van der Waals surface area contributed by atoms with Crippen molar-refractivity contribution in [3.63, 3.8) is 0 Å². The van der Waals surface area contributed by atoms with Crippen LogP contribution >= 0.6 is 23.8 Å². The van der Waals surface area contributed by atoms with Crippen LogP contribution in [0, 0.1) is 0 Å². The largest absolute Gasteiger partial charge is 0.493 e. The molecule has 0 heterocycles. The van der Waals surface area contributed by atoms with Crippen molar-refractivity contribution in [2.75, 3.05) is 26.1 Å². The van der Waals surface area contributed by atoms with E-state index in [1.807, 2.05) is 42.5 Å². The predicted molar refractivity (Wildman–Crippen MR) is 104 cm³/mol. The van der Waals surface area contributed by atoms with Crippen LogP contribution < -0.4 is 20.1 Å². The van der Waals surface area contributed by atoms with E-state index >= 15 is 0 Å². The minimum absolute atomic E-state index is 0.571. The Morgan fingerprint density at radius 3 is 2.54 bits per heavy atom. The summed E-state index contributed by atoms with van der Waals surface area (Å²) in [6.07, 6.45) is 1.85. The lowest BCUT2D eigenvalue weighted by Crippen LogP contribution is -2.29. The molecule has 24 heavy (non-hydrogen) atoms. The highest BCUT2D eigenvalue weighted by Gasteiger charge is 2.05. The van der Waals surface area contributed by atoms with Gasteiger partial charge in [-0.3, -0.25) is 0 Å². The molecule has 0 radical (unpaired) electrons. The Hall–Kier alpha value is -1.98. The predicted octanol–water partition coefficient (Wildman–Crippen LogP) is 4.28. The van der Waals surface area contributed by atoms with E-state index < -0.39 is 0 Å². The molecular formula is C18H21ClN2O2S. The third-order valence-electron chi connectivity index (χ3n) is 3.51. The minimum atomic E-state index is 0.571. The van der Waals surface area contributed by atoms with E-state index in [-0.39, 0.29) is 0 Å². The molecule has 0 unspecified atom stereocenters. The van der Waals surface area contributed by atoms with E-state index in [9.17, 15) is 0 Å². The summed E-state index contributed by atoms with van der Waals surface area (Å²) in [5.74, 6) is 1.34. The van der Waals surface area contributed by atoms with Crippen LogP contribution in [0.5, 0.6) is 11.5 Å². The Morgan fingerprint density at radius 2 is 1.83 bits per heavy atom. The lowest BCUT2D eigenvalue weighted by molar-refractivity contribution is 0.355. The Morgan fingerprint density at radius 1 is 1.08 bits per heavy atom. The van der Waals surface area contributed by atoms with E-state index in [1.165, 1.54) is 0 Å². The number of hydrogen-bond acceptors (Lipinski definition) is 3. The summed E-state index contributed by atoms with van der Waals surface area (Å²) < 4.78 is 10.5. The molecule has 2 aromatic rings. The number of ether oxygens (including phenoxy) is 2. The molecule has 0 aromatic heterocycles. The molecule has 0 saturated heterocycles. The van der Waals surface area contributed by atoms with Gasteiger partial charge in [-0.15, -0.1) is 0 Å². The second-order valence-electron chi connectivity index (χ2n) is 5.15. The van der Waals surface area contributed by atoms with Gasteiger partial charge in [-0.25, -0.2) is 0 Å². The van der Waals surface area contributed by atoms with Gasteiger partial charge in [-0.1, -0.05) is 29.8 Å². The van der Waals surface area contributed by atoms with Crippen LogP contribution in [0.4, 0.5) is 5.69 Å². The van der Waals surface area contributed by atoms with Gasteiger partial charge in [0.1, 0.15) is 0 Å². The zero-order valence-corrected chi connectivity index (χ0v) is 15.3. The van der Waals surface area contributed by atoms with Crippen LogP contribution in [0.2, 0.25) is 5.02 Å². The molecule has 2 rings (SSSR count). The summed E-state index contributed by atoms with van der Waals surface area (Å²) in [5.41, 5.74) is 2.00. The number of rotatable bonds is 7. The van der Waals surface area contributed by atoms with Crippen molar-refractivity contribution in [2.45, 2.75) is 12.8 Å². The number of nitrogens with one attached hydrogen (secondary N) is 2. The topological polar surface area (TPSA) is 42.5 Å². The molecule has 0 aliphatic carbocycles. The first-order valence-electron chi connectivity index (χ1n) is 7.64. The number of methoxy groups -OCH3 is 2. The van der Waals surface area contributed by atoms with Crippen LogP contribution in [0.25, 0.3) is 0 Å². The van der Waals surface area contributed by atoms with Gasteiger partial charge in [0.15, 0.2) is 16.6 Å². The molecule has 2 aromatic carbocycles. The van der Waals surface area contributed by atoms with Crippen molar-refractivity contribution in [3.05, 3.63) is 53.1 Å². The molecule has 0 atom stereocenters. The number of anilines is 1. The van der Waals surface area contributed by atoms with Crippen LogP contribution in [-0.4, -0.2) is 25.9 Å².